The summed E-state index contributed by atoms with van der Waals surface area (Å²) in [4.78, 5) is 3.30. The number of hydrogen-bond donors (Lipinski definition) is 4. The van der Waals surface area contributed by atoms with E-state index in [1.165, 1.54) is 16.5 Å². The van der Waals surface area contributed by atoms with Crippen molar-refractivity contribution in [1.29, 1.82) is 0 Å². The summed E-state index contributed by atoms with van der Waals surface area (Å²) >= 11 is 0. The average Bonchev–Trinajstić information content (AvgIpc) is 2.86. The number of H-pyrrole nitrogens is 1. The maximum Gasteiger partial charge on any atom is 0.0607 e. The summed E-state index contributed by atoms with van der Waals surface area (Å²) in [6.07, 6.45) is 3.12. The van der Waals surface area contributed by atoms with Crippen molar-refractivity contribution < 1.29 is 5.11 Å². The Hall–Kier alpha value is -1.36. The smallest absolute Gasteiger partial charge is 0.0607 e. The van der Waals surface area contributed by atoms with Crippen molar-refractivity contribution in [1.82, 2.24) is 15.6 Å². The predicted octanol–water partition coefficient (Wildman–Crippen LogP) is 1.66. The number of nitrogens with one attached hydrogen (secondary N) is 3. The van der Waals surface area contributed by atoms with Crippen LogP contribution in [0.4, 0.5) is 0 Å². The van der Waals surface area contributed by atoms with Crippen LogP contribution >= 0.6 is 0 Å². The minimum Gasteiger partial charge on any atom is -0.394 e. The van der Waals surface area contributed by atoms with Crippen molar-refractivity contribution >= 4 is 10.9 Å². The van der Waals surface area contributed by atoms with E-state index in [2.05, 4.69) is 46.1 Å². The van der Waals surface area contributed by atoms with Crippen LogP contribution in [0.5, 0.6) is 0 Å². The summed E-state index contributed by atoms with van der Waals surface area (Å²) in [6.45, 7) is 6.89. The first-order valence-electron chi connectivity index (χ1n) is 7.24. The van der Waals surface area contributed by atoms with E-state index in [1.807, 2.05) is 13.8 Å². The molecule has 0 aliphatic rings. The van der Waals surface area contributed by atoms with Gasteiger partial charge in [-0.3, -0.25) is 0 Å². The van der Waals surface area contributed by atoms with Gasteiger partial charge in [-0.05, 0) is 38.4 Å². The highest BCUT2D eigenvalue weighted by Gasteiger charge is 2.13. The summed E-state index contributed by atoms with van der Waals surface area (Å²) in [5, 5.41) is 17.2. The third kappa shape index (κ3) is 4.07. The first-order valence-corrected chi connectivity index (χ1v) is 7.24. The highest BCUT2D eigenvalue weighted by atomic mass is 16.3. The molecule has 0 saturated carbocycles. The second-order valence-electron chi connectivity index (χ2n) is 5.83. The van der Waals surface area contributed by atoms with Crippen molar-refractivity contribution in [3.8, 4) is 0 Å². The van der Waals surface area contributed by atoms with Crippen molar-refractivity contribution in [3.05, 3.63) is 36.0 Å². The van der Waals surface area contributed by atoms with Gasteiger partial charge in [0, 0.05) is 35.7 Å². The first-order chi connectivity index (χ1) is 9.62. The van der Waals surface area contributed by atoms with E-state index in [4.69, 9.17) is 5.11 Å². The summed E-state index contributed by atoms with van der Waals surface area (Å²) in [5.41, 5.74) is 2.36. The van der Waals surface area contributed by atoms with Crippen molar-refractivity contribution in [2.45, 2.75) is 25.8 Å². The zero-order valence-electron chi connectivity index (χ0n) is 12.4. The van der Waals surface area contributed by atoms with Crippen LogP contribution in [0.15, 0.2) is 30.5 Å². The fourth-order valence-electron chi connectivity index (χ4n) is 2.23. The van der Waals surface area contributed by atoms with Gasteiger partial charge >= 0.3 is 0 Å². The number of para-hydroxylation sites is 1. The molecule has 4 heteroatoms. The van der Waals surface area contributed by atoms with Crippen LogP contribution in [0, 0.1) is 0 Å². The van der Waals surface area contributed by atoms with Crippen LogP contribution in [-0.4, -0.2) is 41.9 Å². The Morgan fingerprint density at radius 1 is 1.15 bits per heavy atom. The molecule has 0 atom stereocenters. The van der Waals surface area contributed by atoms with Crippen LogP contribution in [0.3, 0.4) is 0 Å². The fraction of sp³-hybridized carbons (Fsp3) is 0.500. The van der Waals surface area contributed by atoms with Gasteiger partial charge in [0.1, 0.15) is 0 Å². The molecule has 0 amide bonds. The third-order valence-electron chi connectivity index (χ3n) is 3.55. The number of fused-ring (bicyclic) bond motifs is 1. The normalized spacial score (nSPS) is 12.2. The number of aliphatic hydroxyl groups is 1. The molecule has 0 saturated heterocycles. The molecule has 0 bridgehead atoms. The SMILES string of the molecule is CC(C)(CO)NCCNCCc1c[nH]c2ccccc12. The van der Waals surface area contributed by atoms with Crippen molar-refractivity contribution in [3.63, 3.8) is 0 Å². The number of aromatic amines is 1. The van der Waals surface area contributed by atoms with Crippen LogP contribution < -0.4 is 10.6 Å². The Kier molecular flexibility index (Phi) is 5.17. The topological polar surface area (TPSA) is 60.1 Å². The molecular formula is C16H25N3O. The van der Waals surface area contributed by atoms with Gasteiger partial charge in [0.15, 0.2) is 0 Å². The molecule has 0 aliphatic heterocycles. The number of aliphatic hydroxyl groups excluding tert-OH is 1. The number of hydrogen-bond acceptors (Lipinski definition) is 3. The molecule has 0 fully saturated rings. The fourth-order valence-corrected chi connectivity index (χ4v) is 2.23. The Labute approximate surface area is 120 Å². The summed E-state index contributed by atoms with van der Waals surface area (Å²) in [6, 6.07) is 8.39. The van der Waals surface area contributed by atoms with Crippen LogP contribution in [0.1, 0.15) is 19.4 Å². The van der Waals surface area contributed by atoms with E-state index in [0.29, 0.717) is 0 Å². The molecule has 20 heavy (non-hydrogen) atoms. The van der Waals surface area contributed by atoms with Crippen molar-refractivity contribution in [2.24, 2.45) is 0 Å². The lowest BCUT2D eigenvalue weighted by molar-refractivity contribution is 0.189. The third-order valence-corrected chi connectivity index (χ3v) is 3.55. The molecule has 1 aromatic heterocycles. The van der Waals surface area contributed by atoms with Crippen molar-refractivity contribution in [2.75, 3.05) is 26.2 Å². The predicted molar refractivity (Wildman–Crippen MR) is 84.0 cm³/mol. The van der Waals surface area contributed by atoms with Gasteiger partial charge in [0.25, 0.3) is 0 Å². The molecule has 4 nitrogen and oxygen atoms in total. The van der Waals surface area contributed by atoms with E-state index in [1.54, 1.807) is 0 Å². The standard InChI is InChI=1S/C16H25N3O/c1-16(2,12-20)19-10-9-17-8-7-13-11-18-15-6-4-3-5-14(13)15/h3-6,11,17-20H,7-10,12H2,1-2H3. The quantitative estimate of drug-likeness (QED) is 0.554. The van der Waals surface area contributed by atoms with Gasteiger partial charge in [-0.1, -0.05) is 18.2 Å². The Balaban J connectivity index is 1.69. The summed E-state index contributed by atoms with van der Waals surface area (Å²) < 4.78 is 0. The Morgan fingerprint density at radius 2 is 1.95 bits per heavy atom. The highest BCUT2D eigenvalue weighted by Crippen LogP contribution is 2.17. The van der Waals surface area contributed by atoms with E-state index in [-0.39, 0.29) is 12.1 Å². The summed E-state index contributed by atoms with van der Waals surface area (Å²) in [5.74, 6) is 0. The number of aromatic nitrogens is 1. The molecule has 1 heterocycles. The highest BCUT2D eigenvalue weighted by molar-refractivity contribution is 5.83. The van der Waals surface area contributed by atoms with Crippen LogP contribution in [-0.2, 0) is 6.42 Å². The lowest BCUT2D eigenvalue weighted by Gasteiger charge is -2.23. The minimum absolute atomic E-state index is 0.155. The lowest BCUT2D eigenvalue weighted by Crippen LogP contribution is -2.45. The molecular weight excluding hydrogens is 250 g/mol. The molecule has 0 aliphatic carbocycles. The molecule has 0 unspecified atom stereocenters. The largest absolute Gasteiger partial charge is 0.394 e. The van der Waals surface area contributed by atoms with E-state index in [9.17, 15) is 0 Å². The van der Waals surface area contributed by atoms with Gasteiger partial charge < -0.3 is 20.7 Å². The second kappa shape index (κ2) is 6.88. The monoisotopic (exact) mass is 275 g/mol. The molecule has 2 rings (SSSR count). The van der Waals surface area contributed by atoms with E-state index in [0.717, 1.165) is 26.1 Å². The maximum absolute atomic E-state index is 9.14. The zero-order valence-corrected chi connectivity index (χ0v) is 12.4. The molecule has 0 radical (unpaired) electrons. The van der Waals surface area contributed by atoms with Gasteiger partial charge in [-0.15, -0.1) is 0 Å². The van der Waals surface area contributed by atoms with Gasteiger partial charge in [0.05, 0.1) is 6.61 Å². The van der Waals surface area contributed by atoms with Gasteiger partial charge in [-0.25, -0.2) is 0 Å². The molecule has 2 aromatic rings. The zero-order chi connectivity index (χ0) is 14.4. The van der Waals surface area contributed by atoms with E-state index < -0.39 is 0 Å². The van der Waals surface area contributed by atoms with Gasteiger partial charge in [-0.2, -0.15) is 0 Å². The molecule has 4 N–H and O–H groups in total. The number of rotatable bonds is 8. The van der Waals surface area contributed by atoms with Crippen LogP contribution in [0.2, 0.25) is 0 Å². The lowest BCUT2D eigenvalue weighted by atomic mass is 10.1. The maximum atomic E-state index is 9.14. The average molecular weight is 275 g/mol. The second-order valence-corrected chi connectivity index (χ2v) is 5.83. The van der Waals surface area contributed by atoms with E-state index >= 15 is 0 Å². The van der Waals surface area contributed by atoms with Crippen LogP contribution in [0.25, 0.3) is 10.9 Å². The number of benzene rings is 1. The first kappa shape index (κ1) is 15.0. The Bertz CT molecular complexity index is 533. The van der Waals surface area contributed by atoms with Gasteiger partial charge in [0.2, 0.25) is 0 Å². The Morgan fingerprint density at radius 3 is 2.75 bits per heavy atom. The molecule has 0 spiro atoms. The minimum atomic E-state index is -0.196. The molecule has 110 valence electrons. The summed E-state index contributed by atoms with van der Waals surface area (Å²) in [7, 11) is 0. The molecule has 1 aromatic carbocycles.